The number of hydrogen-bond acceptors (Lipinski definition) is 2. The molecule has 0 spiro atoms. The quantitative estimate of drug-likeness (QED) is 0.0807. The lowest BCUT2D eigenvalue weighted by molar-refractivity contribution is 0.590. The van der Waals surface area contributed by atoms with Crippen LogP contribution in [0.4, 0.5) is 34.1 Å². The van der Waals surface area contributed by atoms with Gasteiger partial charge in [0.2, 0.25) is 0 Å². The molecule has 0 aliphatic carbocycles. The summed E-state index contributed by atoms with van der Waals surface area (Å²) in [6.07, 6.45) is 0. The van der Waals surface area contributed by atoms with Crippen molar-refractivity contribution in [1.82, 2.24) is 0 Å². The Kier molecular flexibility index (Phi) is 13.5. The molecule has 0 amide bonds. The summed E-state index contributed by atoms with van der Waals surface area (Å²) in [5, 5.41) is 20.5. The van der Waals surface area contributed by atoms with Crippen molar-refractivity contribution in [2.24, 2.45) is 0 Å². The highest BCUT2D eigenvalue weighted by Crippen LogP contribution is 2.55. The molecule has 498 valence electrons. The summed E-state index contributed by atoms with van der Waals surface area (Å²) in [7, 11) is 0. The first kappa shape index (κ1) is 61.2. The summed E-state index contributed by atoms with van der Waals surface area (Å²) in [6.45, 7) is 6.64. The van der Waals surface area contributed by atoms with E-state index in [-0.39, 0.29) is 12.1 Å². The lowest BCUT2D eigenvalue weighted by Crippen LogP contribution is -2.61. The topological polar surface area (TPSA) is 6.48 Å². The second-order valence-electron chi connectivity index (χ2n) is 30.5. The molecule has 2 aliphatic rings. The van der Waals surface area contributed by atoms with Gasteiger partial charge in [-0.3, -0.25) is 0 Å². The Morgan fingerprint density at radius 2 is 0.533 bits per heavy atom. The van der Waals surface area contributed by atoms with Gasteiger partial charge in [0.25, 0.3) is 6.71 Å². The SMILES string of the molecule is CC(C)(C)c1ccc(-c2cc3c4c(c2)N(c2c(-c5ccccc5)cccc2-c2ccccc2)c2ccc(-c5ccc6c7cccc8cccc(c9cccc5c96)c87)cc2B4c2cc(-c4ccc5c6cccc7cccc(c8cccc4c85)c76)ccc2N3c2c(-c3ccccc3)cccc2-c2ccccc2)cc1. The van der Waals surface area contributed by atoms with Crippen LogP contribution in [0, 0.1) is 0 Å². The first-order valence-electron chi connectivity index (χ1n) is 37.6. The van der Waals surface area contributed by atoms with E-state index in [0.717, 1.165) is 89.8 Å². The van der Waals surface area contributed by atoms with E-state index in [1.807, 2.05) is 0 Å². The maximum absolute atomic E-state index is 2.69. The predicted octanol–water partition coefficient (Wildman–Crippen LogP) is 26.8. The van der Waals surface area contributed by atoms with E-state index >= 15 is 0 Å². The van der Waals surface area contributed by atoms with Gasteiger partial charge >= 0.3 is 0 Å². The average Bonchev–Trinajstić information content (AvgIpc) is 0.688. The van der Waals surface area contributed by atoms with Crippen LogP contribution in [0.25, 0.3) is 164 Å². The van der Waals surface area contributed by atoms with Crippen LogP contribution in [0.1, 0.15) is 26.3 Å². The van der Waals surface area contributed by atoms with Gasteiger partial charge in [0, 0.05) is 45.0 Å². The third kappa shape index (κ3) is 9.27. The van der Waals surface area contributed by atoms with Gasteiger partial charge in [-0.05, 0) is 193 Å². The molecule has 0 atom stereocenters. The van der Waals surface area contributed by atoms with Gasteiger partial charge in [-0.15, -0.1) is 0 Å². The molecule has 2 heterocycles. The molecule has 20 aromatic rings. The molecule has 0 bridgehead atoms. The summed E-state index contributed by atoms with van der Waals surface area (Å²) in [4.78, 5) is 5.39. The molecule has 0 unspecified atom stereocenters. The van der Waals surface area contributed by atoms with Gasteiger partial charge < -0.3 is 9.80 Å². The van der Waals surface area contributed by atoms with Crippen molar-refractivity contribution in [2.75, 3.05) is 9.80 Å². The summed E-state index contributed by atoms with van der Waals surface area (Å²) < 4.78 is 0. The van der Waals surface area contributed by atoms with E-state index in [1.165, 1.54) is 130 Å². The number of rotatable bonds is 9. The fourth-order valence-electron chi connectivity index (χ4n) is 18.9. The molecule has 0 saturated carbocycles. The van der Waals surface area contributed by atoms with Crippen LogP contribution in [-0.2, 0) is 5.41 Å². The Morgan fingerprint density at radius 1 is 0.215 bits per heavy atom. The number of para-hydroxylation sites is 2. The summed E-state index contributed by atoms with van der Waals surface area (Å²) in [5.74, 6) is 0. The van der Waals surface area contributed by atoms with Gasteiger partial charge in [-0.1, -0.05) is 360 Å². The first-order chi connectivity index (χ1) is 52.8. The van der Waals surface area contributed by atoms with E-state index in [1.54, 1.807) is 0 Å². The van der Waals surface area contributed by atoms with E-state index in [2.05, 4.69) is 395 Å². The van der Waals surface area contributed by atoms with E-state index < -0.39 is 0 Å². The third-order valence-electron chi connectivity index (χ3n) is 23.7. The highest BCUT2D eigenvalue weighted by atomic mass is 15.2. The smallest absolute Gasteiger partial charge is 0.252 e. The summed E-state index contributed by atoms with van der Waals surface area (Å²) in [5.41, 5.74) is 27.9. The van der Waals surface area contributed by atoms with Crippen LogP contribution in [0.2, 0.25) is 0 Å². The van der Waals surface area contributed by atoms with Crippen LogP contribution < -0.4 is 26.2 Å². The molecule has 22 rings (SSSR count). The zero-order chi connectivity index (χ0) is 70.8. The van der Waals surface area contributed by atoms with Crippen molar-refractivity contribution in [2.45, 2.75) is 26.2 Å². The predicted molar refractivity (Wildman–Crippen MR) is 460 cm³/mol. The first-order valence-corrected chi connectivity index (χ1v) is 37.6. The van der Waals surface area contributed by atoms with Gasteiger partial charge in [-0.2, -0.15) is 0 Å². The average molecular weight is 1360 g/mol. The third-order valence-corrected chi connectivity index (χ3v) is 23.7. The Hall–Kier alpha value is -13.3. The Balaban J connectivity index is 0.899. The van der Waals surface area contributed by atoms with Crippen molar-refractivity contribution in [3.8, 4) is 77.9 Å². The molecule has 2 aliphatic heterocycles. The van der Waals surface area contributed by atoms with Crippen molar-refractivity contribution < 1.29 is 0 Å². The van der Waals surface area contributed by atoms with Crippen LogP contribution in [0.3, 0.4) is 0 Å². The minimum absolute atomic E-state index is 0.0470. The molecule has 0 saturated heterocycles. The zero-order valence-electron chi connectivity index (χ0n) is 59.6. The Bertz CT molecular complexity index is 6410. The molecule has 0 aromatic heterocycles. The lowest BCUT2D eigenvalue weighted by Gasteiger charge is -2.46. The van der Waals surface area contributed by atoms with Crippen LogP contribution in [0.5, 0.6) is 0 Å². The summed E-state index contributed by atoms with van der Waals surface area (Å²) >= 11 is 0. The largest absolute Gasteiger partial charge is 0.310 e. The molecule has 2 nitrogen and oxygen atoms in total. The van der Waals surface area contributed by atoms with E-state index in [0.29, 0.717) is 0 Å². The van der Waals surface area contributed by atoms with Crippen LogP contribution >= 0.6 is 0 Å². The minimum Gasteiger partial charge on any atom is -0.310 e. The van der Waals surface area contributed by atoms with Crippen molar-refractivity contribution in [3.05, 3.63) is 370 Å². The molecular weight excluding hydrogens is 1290 g/mol. The highest BCUT2D eigenvalue weighted by Gasteiger charge is 2.46. The minimum atomic E-state index is -0.295. The molecular formula is C104H69BN2. The van der Waals surface area contributed by atoms with E-state index in [9.17, 15) is 0 Å². The van der Waals surface area contributed by atoms with Gasteiger partial charge in [-0.25, -0.2) is 0 Å². The van der Waals surface area contributed by atoms with E-state index in [4.69, 9.17) is 0 Å². The highest BCUT2D eigenvalue weighted by molar-refractivity contribution is 7.00. The number of benzene rings is 20. The van der Waals surface area contributed by atoms with Gasteiger partial charge in [0.05, 0.1) is 11.4 Å². The number of fused-ring (bicyclic) bond motifs is 8. The Labute approximate surface area is 622 Å². The molecule has 0 radical (unpaired) electrons. The molecule has 20 aromatic carbocycles. The fourth-order valence-corrected chi connectivity index (χ4v) is 18.9. The van der Waals surface area contributed by atoms with Crippen LogP contribution in [0.15, 0.2) is 364 Å². The van der Waals surface area contributed by atoms with Gasteiger partial charge in [0.1, 0.15) is 0 Å². The van der Waals surface area contributed by atoms with Crippen molar-refractivity contribution >= 4 is 143 Å². The molecule has 0 fully saturated rings. The van der Waals surface area contributed by atoms with Crippen LogP contribution in [-0.4, -0.2) is 6.71 Å². The number of hydrogen-bond donors (Lipinski definition) is 0. The second-order valence-corrected chi connectivity index (χ2v) is 30.5. The Morgan fingerprint density at radius 3 is 0.897 bits per heavy atom. The molecule has 107 heavy (non-hydrogen) atoms. The zero-order valence-corrected chi connectivity index (χ0v) is 59.6. The summed E-state index contributed by atoms with van der Waals surface area (Å²) in [6, 6.07) is 139. The second kappa shape index (κ2) is 23.6. The lowest BCUT2D eigenvalue weighted by atomic mass is 9.33. The van der Waals surface area contributed by atoms with Crippen molar-refractivity contribution in [1.29, 1.82) is 0 Å². The molecule has 3 heteroatoms. The standard InChI is InChI=1S/C104H69BN2/c1-104(2,3)74-52-48-64(49-53-74)73-62-95-101-96(63-73)107(103-79(67-28-12-6-13-29-67)38-21-39-80(103)68-30-14-7-15-31-68)94-59-51-72(76-55-57-90-86-43-19-35-70-33-17-41-84(98(70)86)88-47-23-45-82(76)100(88)90)61-92(94)105(101)91-60-71(75-54-56-89-85-42-18-34-69-32-16-40-83(97(69)85)87-46-22-44-81(75)99(87)89)50-58-93(91)106(95)102-77(65-24-8-4-9-25-65)36-20-37-78(102)66-26-10-5-11-27-66/h4-63H,1-3H3. The maximum atomic E-state index is 2.69. The maximum Gasteiger partial charge on any atom is 0.252 e. The monoisotopic (exact) mass is 1360 g/mol. The number of nitrogens with zero attached hydrogens (tertiary/aromatic N) is 2. The number of anilines is 6. The normalized spacial score (nSPS) is 12.8. The van der Waals surface area contributed by atoms with Crippen molar-refractivity contribution in [3.63, 3.8) is 0 Å². The van der Waals surface area contributed by atoms with Gasteiger partial charge in [0.15, 0.2) is 0 Å². The fraction of sp³-hybridized carbons (Fsp3) is 0.0385. The molecule has 0 N–H and O–H groups in total.